The molecule has 0 fully saturated rings. The van der Waals surface area contributed by atoms with Crippen molar-refractivity contribution in [2.75, 3.05) is 13.2 Å². The predicted octanol–water partition coefficient (Wildman–Crippen LogP) is 2.46. The molecule has 4 heteroatoms. The predicted molar refractivity (Wildman–Crippen MR) is 80.0 cm³/mol. The Bertz CT molecular complexity index is 242. The van der Waals surface area contributed by atoms with Crippen molar-refractivity contribution in [3.63, 3.8) is 0 Å². The van der Waals surface area contributed by atoms with E-state index in [2.05, 4.69) is 39.9 Å². The first-order valence-corrected chi connectivity index (χ1v) is 7.51. The number of nitrogens with one attached hydrogen (secondary N) is 1. The summed E-state index contributed by atoms with van der Waals surface area (Å²) in [5.74, 6) is 0.653. The summed E-state index contributed by atoms with van der Waals surface area (Å²) < 4.78 is 5.65. The van der Waals surface area contributed by atoms with Gasteiger partial charge < -0.3 is 15.8 Å². The molecule has 4 nitrogen and oxygen atoms in total. The summed E-state index contributed by atoms with van der Waals surface area (Å²) in [6.07, 6.45) is 3.36. The number of hydrogen-bond acceptors (Lipinski definition) is 3. The van der Waals surface area contributed by atoms with Crippen LogP contribution in [0.5, 0.6) is 0 Å². The average Bonchev–Trinajstić information content (AvgIpc) is 2.35. The molecule has 0 aliphatic heterocycles. The second kappa shape index (κ2) is 9.32. The molecule has 0 aromatic heterocycles. The van der Waals surface area contributed by atoms with E-state index in [9.17, 15) is 4.79 Å². The number of amides is 1. The highest BCUT2D eigenvalue weighted by atomic mass is 16.5. The molecule has 0 saturated heterocycles. The van der Waals surface area contributed by atoms with Gasteiger partial charge in [0.05, 0.1) is 18.2 Å². The summed E-state index contributed by atoms with van der Waals surface area (Å²) in [4.78, 5) is 11.9. The number of ether oxygens (including phenoxy) is 1. The summed E-state index contributed by atoms with van der Waals surface area (Å²) in [5, 5.41) is 3.05. The Labute approximate surface area is 118 Å². The minimum Gasteiger partial charge on any atom is -0.378 e. The largest absolute Gasteiger partial charge is 0.378 e. The molecule has 0 aromatic rings. The van der Waals surface area contributed by atoms with Gasteiger partial charge in [0.2, 0.25) is 5.91 Å². The molecule has 0 bridgehead atoms. The fourth-order valence-corrected chi connectivity index (χ4v) is 2.21. The van der Waals surface area contributed by atoms with Crippen molar-refractivity contribution in [2.45, 2.75) is 71.9 Å². The van der Waals surface area contributed by atoms with Gasteiger partial charge in [-0.2, -0.15) is 0 Å². The fraction of sp³-hybridized carbons (Fsp3) is 0.933. The molecule has 0 saturated carbocycles. The van der Waals surface area contributed by atoms with Gasteiger partial charge in [0, 0.05) is 13.0 Å². The van der Waals surface area contributed by atoms with Crippen LogP contribution in [-0.2, 0) is 9.53 Å². The van der Waals surface area contributed by atoms with Crippen molar-refractivity contribution in [1.29, 1.82) is 0 Å². The molecule has 0 rings (SSSR count). The van der Waals surface area contributed by atoms with Crippen molar-refractivity contribution in [2.24, 2.45) is 11.7 Å². The molecular formula is C15H32N2O2. The van der Waals surface area contributed by atoms with Crippen molar-refractivity contribution in [1.82, 2.24) is 5.32 Å². The number of carbonyl (C=O) groups is 1. The van der Waals surface area contributed by atoms with E-state index in [0.29, 0.717) is 25.5 Å². The second-order valence-corrected chi connectivity index (χ2v) is 5.80. The van der Waals surface area contributed by atoms with Gasteiger partial charge >= 0.3 is 0 Å². The standard InChI is InChI=1S/C15H32N2O2/c1-6-15(7-2,11-16)17-14(18)8-9-19-13(5)10-12(3)4/h12-13H,6-11,16H2,1-5H3,(H,17,18). The third kappa shape index (κ3) is 7.53. The summed E-state index contributed by atoms with van der Waals surface area (Å²) in [5.41, 5.74) is 5.51. The van der Waals surface area contributed by atoms with Gasteiger partial charge in [-0.15, -0.1) is 0 Å². The lowest BCUT2D eigenvalue weighted by Crippen LogP contribution is -2.53. The summed E-state index contributed by atoms with van der Waals surface area (Å²) >= 11 is 0. The molecule has 1 amide bonds. The zero-order chi connectivity index (χ0) is 14.9. The Morgan fingerprint density at radius 3 is 2.26 bits per heavy atom. The molecular weight excluding hydrogens is 240 g/mol. The zero-order valence-electron chi connectivity index (χ0n) is 13.3. The van der Waals surface area contributed by atoms with Gasteiger partial charge in [0.1, 0.15) is 0 Å². The van der Waals surface area contributed by atoms with Crippen LogP contribution in [0.25, 0.3) is 0 Å². The Morgan fingerprint density at radius 2 is 1.84 bits per heavy atom. The third-order valence-corrected chi connectivity index (χ3v) is 3.68. The number of hydrogen-bond donors (Lipinski definition) is 2. The van der Waals surface area contributed by atoms with E-state index in [1.165, 1.54) is 0 Å². The van der Waals surface area contributed by atoms with Crippen LogP contribution in [0, 0.1) is 5.92 Å². The van der Waals surface area contributed by atoms with E-state index in [0.717, 1.165) is 19.3 Å². The highest BCUT2D eigenvalue weighted by Gasteiger charge is 2.25. The van der Waals surface area contributed by atoms with Crippen molar-refractivity contribution in [3.05, 3.63) is 0 Å². The van der Waals surface area contributed by atoms with E-state index >= 15 is 0 Å². The molecule has 0 aliphatic carbocycles. The Kier molecular flexibility index (Phi) is 9.02. The minimum absolute atomic E-state index is 0.0332. The van der Waals surface area contributed by atoms with Gasteiger partial charge in [0.15, 0.2) is 0 Å². The van der Waals surface area contributed by atoms with Crippen LogP contribution in [0.2, 0.25) is 0 Å². The monoisotopic (exact) mass is 272 g/mol. The topological polar surface area (TPSA) is 64.3 Å². The second-order valence-electron chi connectivity index (χ2n) is 5.80. The SMILES string of the molecule is CCC(CC)(CN)NC(=O)CCOC(C)CC(C)C. The average molecular weight is 272 g/mol. The van der Waals surface area contributed by atoms with Crippen molar-refractivity contribution >= 4 is 5.91 Å². The molecule has 114 valence electrons. The van der Waals surface area contributed by atoms with Crippen LogP contribution in [0.15, 0.2) is 0 Å². The lowest BCUT2D eigenvalue weighted by Gasteiger charge is -2.31. The third-order valence-electron chi connectivity index (χ3n) is 3.68. The molecule has 1 atom stereocenters. The minimum atomic E-state index is -0.249. The summed E-state index contributed by atoms with van der Waals surface area (Å²) in [7, 11) is 0. The summed E-state index contributed by atoms with van der Waals surface area (Å²) in [6, 6.07) is 0. The molecule has 19 heavy (non-hydrogen) atoms. The van der Waals surface area contributed by atoms with Gasteiger partial charge in [-0.05, 0) is 32.1 Å². The van der Waals surface area contributed by atoms with Crippen LogP contribution in [0.4, 0.5) is 0 Å². The molecule has 0 spiro atoms. The van der Waals surface area contributed by atoms with Crippen molar-refractivity contribution < 1.29 is 9.53 Å². The van der Waals surface area contributed by atoms with Gasteiger partial charge in [-0.1, -0.05) is 27.7 Å². The maximum atomic E-state index is 11.9. The highest BCUT2D eigenvalue weighted by Crippen LogP contribution is 2.13. The molecule has 0 radical (unpaired) electrons. The van der Waals surface area contributed by atoms with Gasteiger partial charge in [-0.3, -0.25) is 4.79 Å². The Morgan fingerprint density at radius 1 is 1.26 bits per heavy atom. The number of nitrogens with two attached hydrogens (primary N) is 1. The van der Waals surface area contributed by atoms with E-state index in [1.807, 2.05) is 0 Å². The van der Waals surface area contributed by atoms with Crippen LogP contribution < -0.4 is 11.1 Å². The van der Waals surface area contributed by atoms with E-state index < -0.39 is 0 Å². The van der Waals surface area contributed by atoms with Crippen LogP contribution in [-0.4, -0.2) is 30.7 Å². The van der Waals surface area contributed by atoms with Crippen LogP contribution in [0.1, 0.15) is 60.3 Å². The maximum Gasteiger partial charge on any atom is 0.222 e. The highest BCUT2D eigenvalue weighted by molar-refractivity contribution is 5.76. The van der Waals surface area contributed by atoms with Crippen LogP contribution >= 0.6 is 0 Å². The Balaban J connectivity index is 3.98. The lowest BCUT2D eigenvalue weighted by molar-refractivity contribution is -0.124. The molecule has 3 N–H and O–H groups in total. The smallest absolute Gasteiger partial charge is 0.222 e. The van der Waals surface area contributed by atoms with E-state index in [1.54, 1.807) is 0 Å². The first kappa shape index (κ1) is 18.4. The number of carbonyl (C=O) groups excluding carboxylic acids is 1. The Hall–Kier alpha value is -0.610. The van der Waals surface area contributed by atoms with Gasteiger partial charge in [0.25, 0.3) is 0 Å². The molecule has 0 aliphatic rings. The maximum absolute atomic E-state index is 11.9. The normalized spacial score (nSPS) is 13.6. The molecule has 0 heterocycles. The van der Waals surface area contributed by atoms with E-state index in [4.69, 9.17) is 10.5 Å². The first-order chi connectivity index (χ1) is 8.89. The molecule has 0 aromatic carbocycles. The fourth-order valence-electron chi connectivity index (χ4n) is 2.21. The molecule has 1 unspecified atom stereocenters. The lowest BCUT2D eigenvalue weighted by atomic mass is 9.93. The number of rotatable bonds is 10. The zero-order valence-corrected chi connectivity index (χ0v) is 13.3. The quantitative estimate of drug-likeness (QED) is 0.642. The van der Waals surface area contributed by atoms with Crippen molar-refractivity contribution in [3.8, 4) is 0 Å². The summed E-state index contributed by atoms with van der Waals surface area (Å²) in [6.45, 7) is 11.5. The van der Waals surface area contributed by atoms with E-state index in [-0.39, 0.29) is 17.6 Å². The van der Waals surface area contributed by atoms with Crippen LogP contribution in [0.3, 0.4) is 0 Å². The van der Waals surface area contributed by atoms with Gasteiger partial charge in [-0.25, -0.2) is 0 Å². The first-order valence-electron chi connectivity index (χ1n) is 7.51.